The van der Waals surface area contributed by atoms with Gasteiger partial charge in [0.05, 0.1) is 13.0 Å². The third kappa shape index (κ3) is 7.21. The molecule has 3 aromatic carbocycles. The van der Waals surface area contributed by atoms with Crippen LogP contribution < -0.4 is 10.2 Å². The van der Waals surface area contributed by atoms with Gasteiger partial charge < -0.3 is 10.2 Å². The topological polar surface area (TPSA) is 62.3 Å². The van der Waals surface area contributed by atoms with Crippen LogP contribution in [0.1, 0.15) is 22.3 Å². The number of halogens is 1. The van der Waals surface area contributed by atoms with Gasteiger partial charge in [-0.3, -0.25) is 14.6 Å². The lowest BCUT2D eigenvalue weighted by Crippen LogP contribution is -2.29. The molecular formula is C30H26FN3O2. The molecule has 0 aliphatic heterocycles. The number of benzene rings is 3. The number of nitrogens with zero attached hydrogens (tertiary/aromatic N) is 2. The van der Waals surface area contributed by atoms with E-state index in [1.807, 2.05) is 54.6 Å². The molecule has 2 amide bonds. The molecule has 4 aromatic rings. The zero-order valence-corrected chi connectivity index (χ0v) is 19.7. The van der Waals surface area contributed by atoms with Gasteiger partial charge in [0.15, 0.2) is 0 Å². The average Bonchev–Trinajstić information content (AvgIpc) is 2.91. The summed E-state index contributed by atoms with van der Waals surface area (Å²) < 4.78 is 13.8. The monoisotopic (exact) mass is 479 g/mol. The van der Waals surface area contributed by atoms with Gasteiger partial charge in [0.1, 0.15) is 5.82 Å². The van der Waals surface area contributed by atoms with E-state index >= 15 is 0 Å². The van der Waals surface area contributed by atoms with Gasteiger partial charge >= 0.3 is 0 Å². The van der Waals surface area contributed by atoms with Crippen molar-refractivity contribution in [2.75, 3.05) is 4.90 Å². The predicted octanol–water partition coefficient (Wildman–Crippen LogP) is 5.33. The van der Waals surface area contributed by atoms with Crippen molar-refractivity contribution in [2.45, 2.75) is 19.5 Å². The number of pyridine rings is 1. The zero-order chi connectivity index (χ0) is 25.2. The summed E-state index contributed by atoms with van der Waals surface area (Å²) >= 11 is 0. The standard InChI is InChI=1S/C30H26FN3O2/c31-27-8-4-7-26(19-27)22-34(30(36)14-11-23-5-2-1-3-6-23)28-12-9-24(10-13-28)20-29(35)33-21-25-15-17-32-18-16-25/h1-19H,20-22H2,(H,33,35)/b14-11+. The van der Waals surface area contributed by atoms with Crippen LogP contribution in [0.3, 0.4) is 0 Å². The highest BCUT2D eigenvalue weighted by Crippen LogP contribution is 2.20. The molecule has 0 aliphatic rings. The third-order valence-corrected chi connectivity index (χ3v) is 5.57. The highest BCUT2D eigenvalue weighted by atomic mass is 19.1. The lowest BCUT2D eigenvalue weighted by atomic mass is 10.1. The summed E-state index contributed by atoms with van der Waals surface area (Å²) in [4.78, 5) is 31.1. The molecule has 0 bridgehead atoms. The minimum atomic E-state index is -0.354. The van der Waals surface area contributed by atoms with Crippen molar-refractivity contribution in [1.82, 2.24) is 10.3 Å². The van der Waals surface area contributed by atoms with Crippen molar-refractivity contribution in [1.29, 1.82) is 0 Å². The first kappa shape index (κ1) is 24.5. The van der Waals surface area contributed by atoms with Gasteiger partial charge in [-0.15, -0.1) is 0 Å². The second-order valence-corrected chi connectivity index (χ2v) is 8.27. The zero-order valence-electron chi connectivity index (χ0n) is 19.7. The Morgan fingerprint density at radius 1 is 0.833 bits per heavy atom. The largest absolute Gasteiger partial charge is 0.352 e. The summed E-state index contributed by atoms with van der Waals surface area (Å²) in [5, 5.41) is 2.90. The van der Waals surface area contributed by atoms with Gasteiger partial charge in [-0.05, 0) is 64.7 Å². The molecule has 4 rings (SSSR count). The highest BCUT2D eigenvalue weighted by molar-refractivity contribution is 6.03. The second-order valence-electron chi connectivity index (χ2n) is 8.27. The predicted molar refractivity (Wildman–Crippen MR) is 139 cm³/mol. The fraction of sp³-hybridized carbons (Fsp3) is 0.100. The van der Waals surface area contributed by atoms with Crippen LogP contribution in [0, 0.1) is 5.82 Å². The summed E-state index contributed by atoms with van der Waals surface area (Å²) in [6.07, 6.45) is 6.85. The lowest BCUT2D eigenvalue weighted by molar-refractivity contribution is -0.120. The normalized spacial score (nSPS) is 10.8. The van der Waals surface area contributed by atoms with Crippen LogP contribution in [0.25, 0.3) is 6.08 Å². The number of hydrogen-bond acceptors (Lipinski definition) is 3. The molecular weight excluding hydrogens is 453 g/mol. The molecule has 1 N–H and O–H groups in total. The Morgan fingerprint density at radius 2 is 1.58 bits per heavy atom. The van der Waals surface area contributed by atoms with E-state index in [9.17, 15) is 14.0 Å². The number of amides is 2. The molecule has 0 aliphatic carbocycles. The van der Waals surface area contributed by atoms with Crippen molar-refractivity contribution in [3.63, 3.8) is 0 Å². The van der Waals surface area contributed by atoms with Crippen molar-refractivity contribution in [3.8, 4) is 0 Å². The SMILES string of the molecule is O=C(Cc1ccc(N(Cc2cccc(F)c2)C(=O)/C=C/c2ccccc2)cc1)NCc1ccncc1. The Balaban J connectivity index is 1.47. The first-order chi connectivity index (χ1) is 17.6. The molecule has 5 nitrogen and oxygen atoms in total. The quantitative estimate of drug-likeness (QED) is 0.330. The van der Waals surface area contributed by atoms with Gasteiger partial charge in [-0.1, -0.05) is 54.6 Å². The molecule has 0 saturated carbocycles. The fourth-order valence-corrected chi connectivity index (χ4v) is 3.68. The number of rotatable bonds is 9. The highest BCUT2D eigenvalue weighted by Gasteiger charge is 2.15. The third-order valence-electron chi connectivity index (χ3n) is 5.57. The van der Waals surface area contributed by atoms with Crippen LogP contribution >= 0.6 is 0 Å². The van der Waals surface area contributed by atoms with Crippen LogP contribution in [-0.4, -0.2) is 16.8 Å². The van der Waals surface area contributed by atoms with Crippen LogP contribution in [0.2, 0.25) is 0 Å². The molecule has 0 spiro atoms. The van der Waals surface area contributed by atoms with Gasteiger partial charge in [0.2, 0.25) is 5.91 Å². The number of anilines is 1. The van der Waals surface area contributed by atoms with Crippen LogP contribution in [0.5, 0.6) is 0 Å². The number of hydrogen-bond donors (Lipinski definition) is 1. The van der Waals surface area contributed by atoms with E-state index in [0.29, 0.717) is 17.8 Å². The van der Waals surface area contributed by atoms with Crippen LogP contribution in [-0.2, 0) is 29.1 Å². The van der Waals surface area contributed by atoms with E-state index < -0.39 is 0 Å². The smallest absolute Gasteiger partial charge is 0.251 e. The van der Waals surface area contributed by atoms with Gasteiger partial charge in [0, 0.05) is 30.7 Å². The van der Waals surface area contributed by atoms with Crippen LogP contribution in [0.4, 0.5) is 10.1 Å². The summed E-state index contributed by atoms with van der Waals surface area (Å²) in [5.41, 5.74) is 4.04. The maximum Gasteiger partial charge on any atom is 0.251 e. The van der Waals surface area contributed by atoms with Gasteiger partial charge in [-0.2, -0.15) is 0 Å². The number of aromatic nitrogens is 1. The van der Waals surface area contributed by atoms with Crippen molar-refractivity contribution in [3.05, 3.63) is 138 Å². The number of carbonyl (C=O) groups excluding carboxylic acids is 2. The fourth-order valence-electron chi connectivity index (χ4n) is 3.68. The van der Waals surface area contributed by atoms with E-state index in [1.165, 1.54) is 18.2 Å². The minimum Gasteiger partial charge on any atom is -0.352 e. The molecule has 6 heteroatoms. The molecule has 1 heterocycles. The number of nitrogens with one attached hydrogen (secondary N) is 1. The maximum absolute atomic E-state index is 13.8. The summed E-state index contributed by atoms with van der Waals surface area (Å²) in [7, 11) is 0. The second kappa shape index (κ2) is 12.2. The van der Waals surface area contributed by atoms with E-state index in [-0.39, 0.29) is 30.6 Å². The van der Waals surface area contributed by atoms with Crippen LogP contribution in [0.15, 0.2) is 109 Å². The molecule has 180 valence electrons. The van der Waals surface area contributed by atoms with E-state index in [4.69, 9.17) is 0 Å². The maximum atomic E-state index is 13.8. The Bertz CT molecular complexity index is 1320. The average molecular weight is 480 g/mol. The lowest BCUT2D eigenvalue weighted by Gasteiger charge is -2.22. The molecule has 0 radical (unpaired) electrons. The van der Waals surface area contributed by atoms with Gasteiger partial charge in [0.25, 0.3) is 5.91 Å². The Hall–Kier alpha value is -4.58. The minimum absolute atomic E-state index is 0.0990. The van der Waals surface area contributed by atoms with E-state index in [0.717, 1.165) is 16.7 Å². The summed E-state index contributed by atoms with van der Waals surface area (Å²) in [6, 6.07) is 26.7. The van der Waals surface area contributed by atoms with E-state index in [1.54, 1.807) is 47.6 Å². The molecule has 0 saturated heterocycles. The Labute approximate surface area is 209 Å². The molecule has 1 aromatic heterocycles. The Morgan fingerprint density at radius 3 is 2.31 bits per heavy atom. The van der Waals surface area contributed by atoms with Crippen molar-refractivity contribution < 1.29 is 14.0 Å². The Kier molecular flexibility index (Phi) is 8.33. The molecule has 0 unspecified atom stereocenters. The van der Waals surface area contributed by atoms with Gasteiger partial charge in [-0.25, -0.2) is 4.39 Å². The molecule has 0 atom stereocenters. The summed E-state index contributed by atoms with van der Waals surface area (Å²) in [5.74, 6) is -0.683. The van der Waals surface area contributed by atoms with E-state index in [2.05, 4.69) is 10.3 Å². The molecule has 36 heavy (non-hydrogen) atoms. The number of carbonyl (C=O) groups is 2. The van der Waals surface area contributed by atoms with Crippen molar-refractivity contribution >= 4 is 23.6 Å². The molecule has 0 fully saturated rings. The first-order valence-corrected chi connectivity index (χ1v) is 11.6. The van der Waals surface area contributed by atoms with Crippen molar-refractivity contribution in [2.24, 2.45) is 0 Å². The summed E-state index contributed by atoms with van der Waals surface area (Å²) in [6.45, 7) is 0.643. The first-order valence-electron chi connectivity index (χ1n) is 11.6.